The van der Waals surface area contributed by atoms with E-state index < -0.39 is 23.2 Å². The molecule has 0 saturated carbocycles. The summed E-state index contributed by atoms with van der Waals surface area (Å²) in [5.41, 5.74) is -2.10. The zero-order valence-corrected chi connectivity index (χ0v) is 12.7. The Morgan fingerprint density at radius 2 is 1.91 bits per heavy atom. The molecule has 1 aliphatic heterocycles. The quantitative estimate of drug-likeness (QED) is 0.892. The Morgan fingerprint density at radius 1 is 1.32 bits per heavy atom. The van der Waals surface area contributed by atoms with Crippen LogP contribution in [0.25, 0.3) is 0 Å². The zero-order chi connectivity index (χ0) is 16.5. The highest BCUT2D eigenvalue weighted by Crippen LogP contribution is 2.36. The summed E-state index contributed by atoms with van der Waals surface area (Å²) < 4.78 is 17.9. The van der Waals surface area contributed by atoms with Crippen LogP contribution in [0.5, 0.6) is 0 Å². The molecular formula is C15H19FN2O4. The molecule has 120 valence electrons. The van der Waals surface area contributed by atoms with Crippen molar-refractivity contribution >= 4 is 17.7 Å². The molecule has 0 bridgehead atoms. The van der Waals surface area contributed by atoms with Gasteiger partial charge in [-0.05, 0) is 45.0 Å². The summed E-state index contributed by atoms with van der Waals surface area (Å²) in [5.74, 6) is -0.740. The summed E-state index contributed by atoms with van der Waals surface area (Å²) in [5, 5.41) is 13.0. The summed E-state index contributed by atoms with van der Waals surface area (Å²) in [6.45, 7) is 4.69. The van der Waals surface area contributed by atoms with E-state index in [1.54, 1.807) is 13.8 Å². The number of ether oxygens (including phenoxy) is 1. The number of hydrogen-bond donors (Lipinski definition) is 2. The van der Waals surface area contributed by atoms with Crippen molar-refractivity contribution in [2.75, 3.05) is 11.9 Å². The number of halogens is 1. The lowest BCUT2D eigenvalue weighted by Crippen LogP contribution is -2.54. The largest absolute Gasteiger partial charge is 0.438 e. The Labute approximate surface area is 127 Å². The Bertz CT molecular complexity index is 584. The maximum absolute atomic E-state index is 12.8. The summed E-state index contributed by atoms with van der Waals surface area (Å²) in [6.07, 6.45) is -0.678. The average Bonchev–Trinajstić information content (AvgIpc) is 2.55. The van der Waals surface area contributed by atoms with E-state index in [9.17, 15) is 19.1 Å². The molecule has 0 spiro atoms. The molecule has 6 nitrogen and oxygen atoms in total. The molecule has 1 saturated heterocycles. The number of cyclic esters (lactones) is 1. The molecular weight excluding hydrogens is 291 g/mol. The molecule has 1 unspecified atom stereocenters. The number of rotatable bonds is 4. The lowest BCUT2D eigenvalue weighted by Gasteiger charge is -2.34. The van der Waals surface area contributed by atoms with Gasteiger partial charge in [-0.3, -0.25) is 9.69 Å². The molecule has 1 fully saturated rings. The number of aliphatic hydroxyl groups is 1. The number of carbonyl (C=O) groups is 2. The van der Waals surface area contributed by atoms with Crippen molar-refractivity contribution in [3.8, 4) is 0 Å². The SMILES string of the molecule is CC1(C)OC(=O)N(CCC(=O)Nc2ccc(F)cc2)C1(C)O. The second-order valence-electron chi connectivity index (χ2n) is 5.86. The second kappa shape index (κ2) is 5.57. The molecule has 0 aromatic heterocycles. The number of anilines is 1. The highest BCUT2D eigenvalue weighted by molar-refractivity contribution is 5.91. The van der Waals surface area contributed by atoms with E-state index in [1.807, 2.05) is 0 Å². The predicted octanol–water partition coefficient (Wildman–Crippen LogP) is 2.09. The first kappa shape index (κ1) is 16.2. The maximum Gasteiger partial charge on any atom is 0.412 e. The smallest absolute Gasteiger partial charge is 0.412 e. The van der Waals surface area contributed by atoms with Crippen molar-refractivity contribution in [3.63, 3.8) is 0 Å². The van der Waals surface area contributed by atoms with Gasteiger partial charge in [-0.15, -0.1) is 0 Å². The molecule has 1 atom stereocenters. The normalized spacial score (nSPS) is 23.3. The fourth-order valence-electron chi connectivity index (χ4n) is 2.15. The Kier molecular flexibility index (Phi) is 4.10. The highest BCUT2D eigenvalue weighted by Gasteiger charge is 2.56. The molecule has 7 heteroatoms. The summed E-state index contributed by atoms with van der Waals surface area (Å²) in [6, 6.07) is 5.36. The number of benzene rings is 1. The van der Waals surface area contributed by atoms with Gasteiger partial charge in [-0.25, -0.2) is 9.18 Å². The first-order valence-corrected chi connectivity index (χ1v) is 6.92. The van der Waals surface area contributed by atoms with Gasteiger partial charge in [0.25, 0.3) is 0 Å². The first-order chi connectivity index (χ1) is 10.1. The molecule has 0 radical (unpaired) electrons. The average molecular weight is 310 g/mol. The first-order valence-electron chi connectivity index (χ1n) is 6.92. The molecule has 2 N–H and O–H groups in total. The Morgan fingerprint density at radius 3 is 2.41 bits per heavy atom. The van der Waals surface area contributed by atoms with Crippen LogP contribution < -0.4 is 5.32 Å². The third-order valence-corrected chi connectivity index (χ3v) is 3.92. The van der Waals surface area contributed by atoms with Gasteiger partial charge < -0.3 is 15.2 Å². The highest BCUT2D eigenvalue weighted by atomic mass is 19.1. The van der Waals surface area contributed by atoms with E-state index in [4.69, 9.17) is 4.74 Å². The second-order valence-corrected chi connectivity index (χ2v) is 5.86. The van der Waals surface area contributed by atoms with E-state index in [2.05, 4.69) is 5.32 Å². The number of carbonyl (C=O) groups excluding carboxylic acids is 2. The van der Waals surface area contributed by atoms with Crippen molar-refractivity contribution < 1.29 is 23.8 Å². The van der Waals surface area contributed by atoms with E-state index in [0.29, 0.717) is 5.69 Å². The summed E-state index contributed by atoms with van der Waals surface area (Å²) in [4.78, 5) is 24.8. The van der Waals surface area contributed by atoms with Crippen LogP contribution in [0.2, 0.25) is 0 Å². The lowest BCUT2D eigenvalue weighted by molar-refractivity contribution is -0.130. The van der Waals surface area contributed by atoms with E-state index in [0.717, 1.165) is 4.90 Å². The van der Waals surface area contributed by atoms with Crippen LogP contribution in [-0.2, 0) is 9.53 Å². The molecule has 1 aliphatic rings. The number of nitrogens with one attached hydrogen (secondary N) is 1. The summed E-state index contributed by atoms with van der Waals surface area (Å²) >= 11 is 0. The van der Waals surface area contributed by atoms with Crippen LogP contribution in [0, 0.1) is 5.82 Å². The van der Waals surface area contributed by atoms with Crippen molar-refractivity contribution in [2.24, 2.45) is 0 Å². The monoisotopic (exact) mass is 310 g/mol. The van der Waals surface area contributed by atoms with Crippen molar-refractivity contribution in [1.82, 2.24) is 4.90 Å². The zero-order valence-electron chi connectivity index (χ0n) is 12.7. The van der Waals surface area contributed by atoms with E-state index in [-0.39, 0.29) is 18.9 Å². The van der Waals surface area contributed by atoms with E-state index >= 15 is 0 Å². The van der Waals surface area contributed by atoms with Crippen LogP contribution in [-0.4, -0.2) is 39.9 Å². The molecule has 1 aromatic carbocycles. The van der Waals surface area contributed by atoms with Gasteiger partial charge in [-0.2, -0.15) is 0 Å². The third kappa shape index (κ3) is 3.04. The minimum Gasteiger partial charge on any atom is -0.438 e. The minimum absolute atomic E-state index is 0.0152. The number of hydrogen-bond acceptors (Lipinski definition) is 4. The minimum atomic E-state index is -1.50. The molecule has 1 aromatic rings. The molecule has 1 heterocycles. The van der Waals surface area contributed by atoms with Gasteiger partial charge in [-0.1, -0.05) is 0 Å². The van der Waals surface area contributed by atoms with Crippen LogP contribution >= 0.6 is 0 Å². The Hall–Kier alpha value is -2.15. The lowest BCUT2D eigenvalue weighted by atomic mass is 9.96. The van der Waals surface area contributed by atoms with Gasteiger partial charge in [0, 0.05) is 18.7 Å². The molecule has 0 aliphatic carbocycles. The van der Waals surface area contributed by atoms with Gasteiger partial charge in [0.1, 0.15) is 5.82 Å². The van der Waals surface area contributed by atoms with E-state index in [1.165, 1.54) is 31.2 Å². The summed E-state index contributed by atoms with van der Waals surface area (Å²) in [7, 11) is 0. The molecule has 22 heavy (non-hydrogen) atoms. The van der Waals surface area contributed by atoms with Gasteiger partial charge in [0.05, 0.1) is 0 Å². The molecule has 2 rings (SSSR count). The Balaban J connectivity index is 1.94. The van der Waals surface area contributed by atoms with Crippen LogP contribution in [0.3, 0.4) is 0 Å². The molecule has 2 amide bonds. The number of amides is 2. The van der Waals surface area contributed by atoms with Crippen LogP contribution in [0.15, 0.2) is 24.3 Å². The fourth-order valence-corrected chi connectivity index (χ4v) is 2.15. The standard InChI is InChI=1S/C15H19FN2O4/c1-14(2)15(3,21)18(13(20)22-14)9-8-12(19)17-11-6-4-10(16)5-7-11/h4-7,21H,8-9H2,1-3H3,(H,17,19). The van der Waals surface area contributed by atoms with Gasteiger partial charge in [0.15, 0.2) is 11.3 Å². The topological polar surface area (TPSA) is 78.9 Å². The third-order valence-electron chi connectivity index (χ3n) is 3.92. The van der Waals surface area contributed by atoms with Crippen molar-refractivity contribution in [1.29, 1.82) is 0 Å². The van der Waals surface area contributed by atoms with Crippen molar-refractivity contribution in [3.05, 3.63) is 30.1 Å². The van der Waals surface area contributed by atoms with Crippen LogP contribution in [0.4, 0.5) is 14.9 Å². The number of nitrogens with zero attached hydrogens (tertiary/aromatic N) is 1. The van der Waals surface area contributed by atoms with Gasteiger partial charge >= 0.3 is 6.09 Å². The predicted molar refractivity (Wildman–Crippen MR) is 77.5 cm³/mol. The maximum atomic E-state index is 12.8. The van der Waals surface area contributed by atoms with Crippen molar-refractivity contribution in [2.45, 2.75) is 38.5 Å². The van der Waals surface area contributed by atoms with Gasteiger partial charge in [0.2, 0.25) is 5.91 Å². The fraction of sp³-hybridized carbons (Fsp3) is 0.467. The van der Waals surface area contributed by atoms with Crippen LogP contribution in [0.1, 0.15) is 27.2 Å².